The summed E-state index contributed by atoms with van der Waals surface area (Å²) in [6.45, 7) is 0. The van der Waals surface area contributed by atoms with E-state index in [1.807, 2.05) is 0 Å². The van der Waals surface area contributed by atoms with E-state index in [9.17, 15) is 24.1 Å². The Morgan fingerprint density at radius 2 is 1.95 bits per heavy atom. The molecule has 2 aromatic rings. The highest BCUT2D eigenvalue weighted by atomic mass is 19.1. The molecule has 0 aliphatic rings. The van der Waals surface area contributed by atoms with Crippen LogP contribution in [0, 0.1) is 15.9 Å². The van der Waals surface area contributed by atoms with Crippen LogP contribution in [0.15, 0.2) is 40.1 Å². The van der Waals surface area contributed by atoms with Crippen LogP contribution in [0.3, 0.4) is 0 Å². The fourth-order valence-corrected chi connectivity index (χ4v) is 1.56. The Hall–Kier alpha value is -2.77. The van der Waals surface area contributed by atoms with Crippen molar-refractivity contribution in [3.63, 3.8) is 0 Å². The Bertz CT molecular complexity index is 778. The number of hydrogen-bond donors (Lipinski definition) is 0. The summed E-state index contributed by atoms with van der Waals surface area (Å²) in [5.74, 6) is -0.994. The van der Waals surface area contributed by atoms with Gasteiger partial charge in [-0.1, -0.05) is 0 Å². The Labute approximate surface area is 105 Å². The molecule has 0 unspecified atom stereocenters. The van der Waals surface area contributed by atoms with E-state index in [1.54, 1.807) is 0 Å². The van der Waals surface area contributed by atoms with E-state index in [-0.39, 0.29) is 5.69 Å². The van der Waals surface area contributed by atoms with Crippen molar-refractivity contribution in [2.75, 3.05) is 0 Å². The van der Waals surface area contributed by atoms with Gasteiger partial charge >= 0.3 is 11.4 Å². The van der Waals surface area contributed by atoms with E-state index in [0.29, 0.717) is 0 Å². The van der Waals surface area contributed by atoms with Crippen LogP contribution in [0.1, 0.15) is 0 Å². The molecule has 0 radical (unpaired) electrons. The van der Waals surface area contributed by atoms with Crippen LogP contribution in [-0.4, -0.2) is 14.1 Å². The van der Waals surface area contributed by atoms with E-state index in [0.717, 1.165) is 27.3 Å². The molecular formula is C11H8FN3O4. The molecule has 1 aromatic heterocycles. The quantitative estimate of drug-likeness (QED) is 0.587. The topological polar surface area (TPSA) is 87.1 Å². The summed E-state index contributed by atoms with van der Waals surface area (Å²) in [5, 5.41) is 10.6. The molecule has 0 aliphatic heterocycles. The summed E-state index contributed by atoms with van der Waals surface area (Å²) < 4.78 is 15.1. The highest BCUT2D eigenvalue weighted by molar-refractivity contribution is 5.44. The summed E-state index contributed by atoms with van der Waals surface area (Å²) in [6.07, 6.45) is 1.18. The second kappa shape index (κ2) is 4.48. The zero-order valence-electron chi connectivity index (χ0n) is 9.74. The van der Waals surface area contributed by atoms with Crippen molar-refractivity contribution in [1.82, 2.24) is 9.13 Å². The van der Waals surface area contributed by atoms with Gasteiger partial charge in [-0.05, 0) is 12.1 Å². The first-order chi connectivity index (χ1) is 8.91. The number of aromatic nitrogens is 2. The second-order valence-electron chi connectivity index (χ2n) is 3.76. The first-order valence-electron chi connectivity index (χ1n) is 5.15. The number of rotatable bonds is 2. The van der Waals surface area contributed by atoms with Crippen LogP contribution < -0.4 is 11.2 Å². The molecule has 98 valence electrons. The van der Waals surface area contributed by atoms with Gasteiger partial charge in [0.2, 0.25) is 5.82 Å². The first kappa shape index (κ1) is 12.7. The molecule has 1 heterocycles. The third kappa shape index (κ3) is 2.15. The maximum absolute atomic E-state index is 13.2. The molecule has 0 bridgehead atoms. The van der Waals surface area contributed by atoms with Gasteiger partial charge in [0, 0.05) is 25.4 Å². The lowest BCUT2D eigenvalue weighted by Gasteiger charge is -2.06. The predicted molar refractivity (Wildman–Crippen MR) is 63.9 cm³/mol. The highest BCUT2D eigenvalue weighted by Crippen LogP contribution is 2.19. The second-order valence-corrected chi connectivity index (χ2v) is 3.76. The van der Waals surface area contributed by atoms with E-state index in [2.05, 4.69) is 0 Å². The predicted octanol–water partition coefficient (Wildman–Crippen LogP) is 0.583. The summed E-state index contributed by atoms with van der Waals surface area (Å²) >= 11 is 0. The van der Waals surface area contributed by atoms with Crippen molar-refractivity contribution < 1.29 is 9.31 Å². The van der Waals surface area contributed by atoms with Gasteiger partial charge in [-0.3, -0.25) is 24.0 Å². The Morgan fingerprint density at radius 3 is 2.58 bits per heavy atom. The van der Waals surface area contributed by atoms with E-state index in [1.165, 1.54) is 19.3 Å². The number of halogens is 1. The minimum Gasteiger partial charge on any atom is -0.269 e. The molecule has 2 rings (SSSR count). The van der Waals surface area contributed by atoms with Crippen LogP contribution in [0.2, 0.25) is 0 Å². The summed E-state index contributed by atoms with van der Waals surface area (Å²) in [4.78, 5) is 32.8. The molecule has 8 heteroatoms. The van der Waals surface area contributed by atoms with Gasteiger partial charge in [0.25, 0.3) is 5.56 Å². The number of nitro benzene ring substituents is 1. The molecule has 0 amide bonds. The smallest absolute Gasteiger partial charge is 0.269 e. The number of nitro groups is 1. The van der Waals surface area contributed by atoms with Crippen LogP contribution in [0.4, 0.5) is 10.1 Å². The molecular weight excluding hydrogens is 257 g/mol. The Morgan fingerprint density at radius 1 is 1.26 bits per heavy atom. The average Bonchev–Trinajstić information content (AvgIpc) is 2.37. The molecule has 19 heavy (non-hydrogen) atoms. The van der Waals surface area contributed by atoms with E-state index in [4.69, 9.17) is 0 Å². The van der Waals surface area contributed by atoms with Crippen molar-refractivity contribution in [3.05, 3.63) is 67.2 Å². The van der Waals surface area contributed by atoms with Crippen LogP contribution in [-0.2, 0) is 7.05 Å². The minimum absolute atomic E-state index is 0.105. The lowest BCUT2D eigenvalue weighted by molar-refractivity contribution is -0.387. The first-order valence-corrected chi connectivity index (χ1v) is 5.15. The Balaban J connectivity index is 2.70. The van der Waals surface area contributed by atoms with Crippen molar-refractivity contribution >= 4 is 5.69 Å². The third-order valence-electron chi connectivity index (χ3n) is 2.59. The van der Waals surface area contributed by atoms with Crippen LogP contribution in [0.25, 0.3) is 5.69 Å². The lowest BCUT2D eigenvalue weighted by atomic mass is 10.2. The standard InChI is InChI=1S/C11H8FN3O4/c1-13-10(16)4-5-14(11(13)17)7-2-3-8(12)9(6-7)15(18)19/h2-6H,1H3. The van der Waals surface area contributed by atoms with E-state index < -0.39 is 27.7 Å². The van der Waals surface area contributed by atoms with Crippen LogP contribution in [0.5, 0.6) is 0 Å². The summed E-state index contributed by atoms with van der Waals surface area (Å²) in [7, 11) is 1.28. The average molecular weight is 265 g/mol. The van der Waals surface area contributed by atoms with Gasteiger partial charge in [-0.25, -0.2) is 4.79 Å². The normalized spacial score (nSPS) is 10.4. The van der Waals surface area contributed by atoms with Gasteiger partial charge in [-0.2, -0.15) is 4.39 Å². The van der Waals surface area contributed by atoms with Crippen molar-refractivity contribution in [1.29, 1.82) is 0 Å². The van der Waals surface area contributed by atoms with E-state index >= 15 is 0 Å². The zero-order chi connectivity index (χ0) is 14.2. The molecule has 1 aromatic carbocycles. The van der Waals surface area contributed by atoms with Gasteiger partial charge in [0.15, 0.2) is 0 Å². The highest BCUT2D eigenvalue weighted by Gasteiger charge is 2.15. The zero-order valence-corrected chi connectivity index (χ0v) is 9.74. The van der Waals surface area contributed by atoms with Gasteiger partial charge in [-0.15, -0.1) is 0 Å². The lowest BCUT2D eigenvalue weighted by Crippen LogP contribution is -2.36. The molecule has 0 atom stereocenters. The number of nitrogens with zero attached hydrogens (tertiary/aromatic N) is 3. The SMILES string of the molecule is Cn1c(=O)ccn(-c2ccc(F)c([N+](=O)[O-])c2)c1=O. The van der Waals surface area contributed by atoms with Crippen molar-refractivity contribution in [3.8, 4) is 5.69 Å². The van der Waals surface area contributed by atoms with Crippen LogP contribution >= 0.6 is 0 Å². The summed E-state index contributed by atoms with van der Waals surface area (Å²) in [6, 6.07) is 4.18. The van der Waals surface area contributed by atoms with Crippen molar-refractivity contribution in [2.24, 2.45) is 7.05 Å². The molecule has 0 saturated heterocycles. The van der Waals surface area contributed by atoms with Gasteiger partial charge in [0.1, 0.15) is 0 Å². The molecule has 0 N–H and O–H groups in total. The largest absolute Gasteiger partial charge is 0.335 e. The molecule has 7 nitrogen and oxygen atoms in total. The van der Waals surface area contributed by atoms with Gasteiger partial charge < -0.3 is 0 Å². The summed E-state index contributed by atoms with van der Waals surface area (Å²) in [5.41, 5.74) is -1.81. The van der Waals surface area contributed by atoms with Crippen molar-refractivity contribution in [2.45, 2.75) is 0 Å². The fraction of sp³-hybridized carbons (Fsp3) is 0.0909. The maximum Gasteiger partial charge on any atom is 0.335 e. The molecule has 0 aliphatic carbocycles. The molecule has 0 spiro atoms. The Kier molecular flexibility index (Phi) is 2.99. The third-order valence-corrected chi connectivity index (χ3v) is 2.59. The number of hydrogen-bond acceptors (Lipinski definition) is 4. The fourth-order valence-electron chi connectivity index (χ4n) is 1.56. The minimum atomic E-state index is -0.994. The monoisotopic (exact) mass is 265 g/mol. The molecule has 0 saturated carbocycles. The number of benzene rings is 1. The maximum atomic E-state index is 13.2. The molecule has 0 fully saturated rings. The van der Waals surface area contributed by atoms with Gasteiger partial charge in [0.05, 0.1) is 10.6 Å².